The largest absolute Gasteiger partial charge is 0.508 e. The van der Waals surface area contributed by atoms with E-state index in [4.69, 9.17) is 51.0 Å². The molecule has 4 atom stereocenters. The number of rotatable bonds is 6. The van der Waals surface area contributed by atoms with Crippen LogP contribution in [0.4, 0.5) is 0 Å². The molecule has 4 aliphatic heterocycles. The van der Waals surface area contributed by atoms with Gasteiger partial charge in [0.05, 0.1) is 67.6 Å². The smallest absolute Gasteiger partial charge is 0.200 e. The molecule has 0 amide bonds. The van der Waals surface area contributed by atoms with Crippen molar-refractivity contribution >= 4 is 68.4 Å². The van der Waals surface area contributed by atoms with E-state index in [9.17, 15) is 85.6 Å². The Hall–Kier alpha value is -14.5. The van der Waals surface area contributed by atoms with Crippen molar-refractivity contribution in [2.24, 2.45) is 0 Å². The number of fused-ring (bicyclic) bond motifs is 6. The summed E-state index contributed by atoms with van der Waals surface area (Å²) in [6, 6.07) is 57.3. The van der Waals surface area contributed by atoms with E-state index in [1.807, 2.05) is 26.0 Å². The van der Waals surface area contributed by atoms with E-state index >= 15 is 0 Å². The number of aliphatic hydroxyl groups is 1. The standard InChI is InChI=1S/C16H16O4.C16H14O4.C16H12O4.C16H14O3.C15H11ClO4.C15H9ClO4/c3*1-9-6-12(18)7-14-15(9)16(19)13(8-20-14)10-2-4-11(17)5-3-10;1-10-6-14(18)8-16-15(10)7-12(9-19-16)11-2-4-13(17)5-3-11;2*16-12-5-10-14(6-13(12)18)20-7-11(15(10)19)8-1-3-9(17)4-2-8/h2-7,13,16-19H,8H2,1H3;2-7,13,17-18H,8H2,1H3;2-8,17-18H,1H3;2-8,17-18H,9H2,1H3;1-6,11,17-18H,7H2;1-7,17-18H. The number of hydrogen-bond acceptors (Lipinski definition) is 23. The fraction of sp³-hybridized carbons (Fsp3) is 0.128. The number of aliphatic hydroxyl groups excluding tert-OH is 1. The molecule has 0 saturated heterocycles. The van der Waals surface area contributed by atoms with Crippen molar-refractivity contribution in [2.45, 2.75) is 51.6 Å². The number of ether oxygens (including phenoxy) is 4. The molecule has 0 saturated carbocycles. The summed E-state index contributed by atoms with van der Waals surface area (Å²) in [7, 11) is 0. The second-order valence-electron chi connectivity index (χ2n) is 28.4. The van der Waals surface area contributed by atoms with Gasteiger partial charge in [-0.3, -0.25) is 19.2 Å². The van der Waals surface area contributed by atoms with Crippen molar-refractivity contribution in [2.75, 3.05) is 26.4 Å². The summed E-state index contributed by atoms with van der Waals surface area (Å²) >= 11 is 11.6. The second-order valence-corrected chi connectivity index (χ2v) is 29.2. The number of phenols is 12. The fourth-order valence-corrected chi connectivity index (χ4v) is 14.3. The third-order valence-electron chi connectivity index (χ3n) is 20.2. The second kappa shape index (κ2) is 35.3. The Morgan fingerprint density at radius 2 is 0.782 bits per heavy atom. The first-order valence-electron chi connectivity index (χ1n) is 36.9. The van der Waals surface area contributed by atoms with E-state index in [-0.39, 0.29) is 132 Å². The number of phenolic OH excluding ortho intramolecular Hbond substituents is 12. The molecule has 6 heterocycles. The van der Waals surface area contributed by atoms with Gasteiger partial charge in [0.2, 0.25) is 10.9 Å². The van der Waals surface area contributed by atoms with Crippen molar-refractivity contribution < 1.29 is 104 Å². The van der Waals surface area contributed by atoms with Crippen molar-refractivity contribution in [1.29, 1.82) is 0 Å². The molecule has 25 heteroatoms. The maximum atomic E-state index is 12.6. The van der Waals surface area contributed by atoms with Crippen LogP contribution in [0, 0.1) is 27.7 Å². The summed E-state index contributed by atoms with van der Waals surface area (Å²) in [6.07, 6.45) is 4.07. The molecule has 18 rings (SSSR count). The monoisotopic (exact) mass is 1640 g/mol. The minimum Gasteiger partial charge on any atom is -0.508 e. The zero-order valence-electron chi connectivity index (χ0n) is 63.8. The van der Waals surface area contributed by atoms with Gasteiger partial charge in [-0.1, -0.05) is 96.0 Å². The quantitative estimate of drug-likeness (QED) is 0.0735. The van der Waals surface area contributed by atoms with Crippen LogP contribution in [0.3, 0.4) is 0 Å². The molecule has 0 aliphatic carbocycles. The first-order chi connectivity index (χ1) is 56.9. The van der Waals surface area contributed by atoms with Gasteiger partial charge in [0, 0.05) is 53.4 Å². The van der Waals surface area contributed by atoms with Gasteiger partial charge < -0.3 is 94.2 Å². The lowest BCUT2D eigenvalue weighted by atomic mass is 9.85. The van der Waals surface area contributed by atoms with Crippen molar-refractivity contribution in [3.8, 4) is 114 Å². The minimum absolute atomic E-state index is 0.0190. The summed E-state index contributed by atoms with van der Waals surface area (Å²) in [5.74, 6) is 2.15. The molecule has 604 valence electrons. The molecule has 4 aliphatic rings. The normalized spacial score (nSPS) is 15.2. The van der Waals surface area contributed by atoms with Crippen LogP contribution in [0.25, 0.3) is 55.8 Å². The molecule has 4 unspecified atom stereocenters. The number of Topliss-reactive ketones (excluding diaryl/α,β-unsaturated/α-hetero) is 2. The summed E-state index contributed by atoms with van der Waals surface area (Å²) in [4.78, 5) is 50.0. The molecule has 119 heavy (non-hydrogen) atoms. The molecular weight excluding hydrogens is 1570 g/mol. The van der Waals surface area contributed by atoms with Crippen LogP contribution in [0.2, 0.25) is 10.0 Å². The summed E-state index contributed by atoms with van der Waals surface area (Å²) < 4.78 is 33.3. The van der Waals surface area contributed by atoms with Gasteiger partial charge in [-0.05, 0) is 204 Å². The van der Waals surface area contributed by atoms with Gasteiger partial charge in [-0.2, -0.15) is 0 Å². The molecule has 0 bridgehead atoms. The first-order valence-corrected chi connectivity index (χ1v) is 37.6. The van der Waals surface area contributed by atoms with E-state index in [0.717, 1.165) is 44.5 Å². The topological polar surface area (TPSA) is 394 Å². The van der Waals surface area contributed by atoms with Crippen LogP contribution >= 0.6 is 23.2 Å². The Labute approximate surface area is 688 Å². The molecular formula is C94H76Cl2O23. The van der Waals surface area contributed by atoms with Gasteiger partial charge in [0.1, 0.15) is 136 Å². The number of carbonyl (C=O) groups excluding carboxylic acids is 2. The molecule has 0 radical (unpaired) electrons. The van der Waals surface area contributed by atoms with Gasteiger partial charge in [-0.25, -0.2) is 0 Å². The molecule has 23 nitrogen and oxygen atoms in total. The minimum atomic E-state index is -0.691. The van der Waals surface area contributed by atoms with E-state index in [1.165, 1.54) is 97.5 Å². The highest BCUT2D eigenvalue weighted by molar-refractivity contribution is 6.33. The zero-order chi connectivity index (χ0) is 84.8. The van der Waals surface area contributed by atoms with E-state index in [0.29, 0.717) is 103 Å². The van der Waals surface area contributed by atoms with Gasteiger partial charge in [-0.15, -0.1) is 0 Å². The molecule has 13 N–H and O–H groups in total. The van der Waals surface area contributed by atoms with Crippen molar-refractivity contribution in [1.82, 2.24) is 0 Å². The van der Waals surface area contributed by atoms with Crippen LogP contribution in [0.5, 0.6) is 92.0 Å². The SMILES string of the molecule is Cc1cc(O)cc2c1C(=O)C(c1ccc(O)cc1)CO2.Cc1cc(O)cc2c1C(O)C(c1ccc(O)cc1)CO2.Cc1cc(O)cc2c1C=C(c1ccc(O)cc1)CO2.Cc1cc(O)cc2occ(-c3ccc(O)cc3)c(=O)c12.O=C1c2cc(Cl)c(O)cc2OCC1c1ccc(O)cc1.O=c1c(-c2ccc(O)cc2)coc2cc(O)c(Cl)cc12. The number of aromatic hydroxyl groups is 12. The number of ketones is 2. The van der Waals surface area contributed by atoms with Gasteiger partial charge in [0.15, 0.2) is 11.6 Å². The lowest BCUT2D eigenvalue weighted by Crippen LogP contribution is -2.26. The van der Waals surface area contributed by atoms with Crippen molar-refractivity contribution in [3.05, 3.63) is 328 Å². The van der Waals surface area contributed by atoms with E-state index < -0.39 is 12.0 Å². The number of aryl methyl sites for hydroxylation is 4. The zero-order valence-corrected chi connectivity index (χ0v) is 65.3. The van der Waals surface area contributed by atoms with Crippen LogP contribution in [-0.4, -0.2) is 104 Å². The van der Waals surface area contributed by atoms with Gasteiger partial charge >= 0.3 is 0 Å². The average Bonchev–Trinajstić information content (AvgIpc) is 0.786. The highest BCUT2D eigenvalue weighted by Crippen LogP contribution is 2.46. The molecule has 12 aromatic carbocycles. The summed E-state index contributed by atoms with van der Waals surface area (Å²) in [5.41, 5.74) is 12.6. The number of hydrogen-bond donors (Lipinski definition) is 13. The predicted molar refractivity (Wildman–Crippen MR) is 448 cm³/mol. The van der Waals surface area contributed by atoms with E-state index in [1.54, 1.807) is 135 Å². The summed E-state index contributed by atoms with van der Waals surface area (Å²) in [5, 5.41) is 125. The van der Waals surface area contributed by atoms with Crippen LogP contribution in [0.1, 0.15) is 100 Å². The van der Waals surface area contributed by atoms with Crippen molar-refractivity contribution in [3.63, 3.8) is 0 Å². The highest BCUT2D eigenvalue weighted by Gasteiger charge is 2.35. The number of benzene rings is 12. The van der Waals surface area contributed by atoms with Crippen LogP contribution in [0.15, 0.2) is 249 Å². The Balaban J connectivity index is 0.000000124. The lowest BCUT2D eigenvalue weighted by molar-refractivity contribution is 0.0878. The van der Waals surface area contributed by atoms with E-state index in [2.05, 4.69) is 6.08 Å². The lowest BCUT2D eigenvalue weighted by Gasteiger charge is -2.32. The maximum Gasteiger partial charge on any atom is 0.200 e. The number of carbonyl (C=O) groups is 2. The molecule has 2 aromatic heterocycles. The highest BCUT2D eigenvalue weighted by atomic mass is 35.5. The third-order valence-corrected chi connectivity index (χ3v) is 20.8. The predicted octanol–water partition coefficient (Wildman–Crippen LogP) is 18.5. The molecule has 14 aromatic rings. The Morgan fingerprint density at radius 1 is 0.353 bits per heavy atom. The first kappa shape index (κ1) is 82.5. The fourth-order valence-electron chi connectivity index (χ4n) is 14.0. The summed E-state index contributed by atoms with van der Waals surface area (Å²) in [6.45, 7) is 8.53. The maximum absolute atomic E-state index is 12.6. The Morgan fingerprint density at radius 3 is 1.34 bits per heavy atom. The average molecular weight is 1640 g/mol. The molecule has 0 fully saturated rings. The van der Waals surface area contributed by atoms with Gasteiger partial charge in [0.25, 0.3) is 0 Å². The third kappa shape index (κ3) is 18.6. The Kier molecular flexibility index (Phi) is 24.5. The molecule has 0 spiro atoms. The van der Waals surface area contributed by atoms with Crippen LogP contribution < -0.4 is 29.8 Å². The van der Waals surface area contributed by atoms with Crippen LogP contribution in [-0.2, 0) is 0 Å². The number of halogens is 2. The Bertz CT molecular complexity index is 6320.